The van der Waals surface area contributed by atoms with Crippen LogP contribution in [0.2, 0.25) is 0 Å². The Bertz CT molecular complexity index is 1190. The Morgan fingerprint density at radius 2 is 1.31 bits per heavy atom. The number of aldehydes is 1. The van der Waals surface area contributed by atoms with E-state index in [1.54, 1.807) is 38.1 Å². The fourth-order valence-corrected chi connectivity index (χ4v) is 4.01. The van der Waals surface area contributed by atoms with Gasteiger partial charge in [-0.2, -0.15) is 0 Å². The molecule has 2 rings (SSSR count). The highest BCUT2D eigenvalue weighted by atomic mass is 31.2. The molecule has 0 atom stereocenters. The average Bonchev–Trinajstić information content (AvgIpc) is 2.92. The molecule has 0 heterocycles. The fraction of sp³-hybridized carbons (Fsp3) is 0.292. The van der Waals surface area contributed by atoms with Crippen molar-refractivity contribution in [1.29, 1.82) is 0 Å². The highest BCUT2D eigenvalue weighted by molar-refractivity contribution is 7.54. The molecule has 0 aliphatic carbocycles. The molecule has 2 aromatic rings. The number of carbonyl (C=O) groups is 3. The van der Waals surface area contributed by atoms with Gasteiger partial charge in [-0.25, -0.2) is 4.79 Å². The van der Waals surface area contributed by atoms with E-state index in [-0.39, 0.29) is 36.3 Å². The molecule has 212 valence electrons. The number of nitro groups is 2. The first-order chi connectivity index (χ1) is 18.5. The van der Waals surface area contributed by atoms with Gasteiger partial charge in [-0.1, -0.05) is 24.3 Å². The predicted molar refractivity (Wildman–Crippen MR) is 140 cm³/mol. The van der Waals surface area contributed by atoms with E-state index in [9.17, 15) is 39.2 Å². The molecule has 0 amide bonds. The van der Waals surface area contributed by atoms with Gasteiger partial charge in [0.25, 0.3) is 11.4 Å². The van der Waals surface area contributed by atoms with Crippen LogP contribution in [-0.4, -0.2) is 61.7 Å². The minimum absolute atomic E-state index is 0.0438. The summed E-state index contributed by atoms with van der Waals surface area (Å²) in [6.45, 7) is 3.86. The summed E-state index contributed by atoms with van der Waals surface area (Å²) in [6.07, 6.45) is 2.63. The molecule has 0 saturated heterocycles. The molecule has 0 spiro atoms. The molecule has 0 radical (unpaired) electrons. The first-order valence-corrected chi connectivity index (χ1v) is 12.8. The monoisotopic (exact) mass is 568 g/mol. The van der Waals surface area contributed by atoms with E-state index < -0.39 is 29.4 Å². The molecular weight excluding hydrogens is 539 g/mol. The number of ether oxygens (including phenoxy) is 2. The summed E-state index contributed by atoms with van der Waals surface area (Å²) in [4.78, 5) is 51.6. The quantitative estimate of drug-likeness (QED) is 0.0914. The molecule has 0 aliphatic rings. The molecule has 0 aromatic heterocycles. The summed E-state index contributed by atoms with van der Waals surface area (Å²) < 4.78 is 30.1. The topological polar surface area (TPSA) is 191 Å². The van der Waals surface area contributed by atoms with Gasteiger partial charge in [-0.15, -0.1) is 0 Å². The zero-order valence-electron chi connectivity index (χ0n) is 21.7. The highest BCUT2D eigenvalue weighted by Crippen LogP contribution is 2.47. The lowest BCUT2D eigenvalue weighted by atomic mass is 10.1. The number of hydrogen-bond acceptors (Lipinski definition) is 12. The number of rotatable bonds is 11. The maximum absolute atomic E-state index is 11.6. The summed E-state index contributed by atoms with van der Waals surface area (Å²) in [7, 11) is -0.798. The number of hydrogen-bond donors (Lipinski definition) is 0. The van der Waals surface area contributed by atoms with Crippen molar-refractivity contribution < 1.29 is 47.3 Å². The van der Waals surface area contributed by atoms with Gasteiger partial charge in [0.1, 0.15) is 6.16 Å². The molecule has 0 aliphatic heterocycles. The zero-order valence-corrected chi connectivity index (χ0v) is 22.6. The van der Waals surface area contributed by atoms with Gasteiger partial charge in [0, 0.05) is 18.2 Å². The van der Waals surface area contributed by atoms with Crippen LogP contribution < -0.4 is 0 Å². The standard InChI is InChI=1S/C10H9NO4.C7H5NO3.C7H15O5P/c1-15-10(12)7-6-8-4-2-3-5-9(8)11(13)14;9-5-6-3-1-2-4-7(6)8(10)11;1-4-11-13(9,12-5-2)6-7(8)10-3/h2-7H,1H3;1-5H;4-6H2,1-3H3/b7-6+;;. The van der Waals surface area contributed by atoms with Crippen LogP contribution in [0.1, 0.15) is 29.8 Å². The van der Waals surface area contributed by atoms with Crippen LogP contribution in [-0.2, 0) is 32.7 Å². The number of nitro benzene ring substituents is 2. The second kappa shape index (κ2) is 18.9. The van der Waals surface area contributed by atoms with Crippen LogP contribution in [0.5, 0.6) is 0 Å². The lowest BCUT2D eigenvalue weighted by Gasteiger charge is -2.15. The van der Waals surface area contributed by atoms with Gasteiger partial charge in [-0.05, 0) is 32.1 Å². The van der Waals surface area contributed by atoms with Crippen LogP contribution in [0.3, 0.4) is 0 Å². The molecule has 14 nitrogen and oxygen atoms in total. The SMILES string of the molecule is CCOP(=O)(CC(=O)OC)OCC.COC(=O)/C=C/c1ccccc1[N+](=O)[O-].O=Cc1ccccc1[N+](=O)[O-]. The Morgan fingerprint density at radius 3 is 1.69 bits per heavy atom. The van der Waals surface area contributed by atoms with Crippen molar-refractivity contribution in [2.45, 2.75) is 13.8 Å². The smallest absolute Gasteiger partial charge is 0.341 e. The minimum Gasteiger partial charge on any atom is -0.469 e. The second-order valence-corrected chi connectivity index (χ2v) is 8.84. The minimum atomic E-state index is -3.27. The molecule has 0 fully saturated rings. The summed E-state index contributed by atoms with van der Waals surface area (Å²) in [5.41, 5.74) is 0.283. The summed E-state index contributed by atoms with van der Waals surface area (Å²) in [5, 5.41) is 20.8. The van der Waals surface area contributed by atoms with Crippen LogP contribution in [0.15, 0.2) is 54.6 Å². The number of nitrogens with zero attached hydrogens (tertiary/aromatic N) is 2. The van der Waals surface area contributed by atoms with Gasteiger partial charge in [-0.3, -0.25) is 34.4 Å². The molecule has 0 bridgehead atoms. The van der Waals surface area contributed by atoms with Crippen molar-refractivity contribution >= 4 is 43.3 Å². The number of benzene rings is 2. The van der Waals surface area contributed by atoms with Crippen LogP contribution >= 0.6 is 7.60 Å². The predicted octanol–water partition coefficient (Wildman–Crippen LogP) is 4.61. The Balaban J connectivity index is 0.000000562. The van der Waals surface area contributed by atoms with Gasteiger partial charge >= 0.3 is 19.5 Å². The second-order valence-electron chi connectivity index (χ2n) is 6.79. The first-order valence-electron chi connectivity index (χ1n) is 11.1. The third kappa shape index (κ3) is 13.7. The van der Waals surface area contributed by atoms with Crippen LogP contribution in [0.4, 0.5) is 11.4 Å². The van der Waals surface area contributed by atoms with Crippen molar-refractivity contribution in [3.8, 4) is 0 Å². The number of methoxy groups -OCH3 is 2. The molecule has 0 N–H and O–H groups in total. The maximum Gasteiger partial charge on any atom is 0.341 e. The molecule has 15 heteroatoms. The Kier molecular flexibility index (Phi) is 16.8. The fourth-order valence-electron chi connectivity index (χ4n) is 2.52. The average molecular weight is 568 g/mol. The van der Waals surface area contributed by atoms with Crippen molar-refractivity contribution in [3.05, 3.63) is 86.0 Å². The number of para-hydroxylation sites is 2. The van der Waals surface area contributed by atoms with Gasteiger partial charge < -0.3 is 18.5 Å². The summed E-state index contributed by atoms with van der Waals surface area (Å²) >= 11 is 0. The Hall–Kier alpha value is -4.26. The van der Waals surface area contributed by atoms with Gasteiger partial charge in [0.05, 0.1) is 48.4 Å². The molecule has 2 aromatic carbocycles. The highest BCUT2D eigenvalue weighted by Gasteiger charge is 2.27. The van der Waals surface area contributed by atoms with Crippen molar-refractivity contribution in [2.24, 2.45) is 0 Å². The lowest BCUT2D eigenvalue weighted by Crippen LogP contribution is -2.11. The Morgan fingerprint density at radius 1 is 0.846 bits per heavy atom. The molecular formula is C24H29N2O12P. The maximum atomic E-state index is 11.6. The van der Waals surface area contributed by atoms with Crippen LogP contribution in [0, 0.1) is 20.2 Å². The van der Waals surface area contributed by atoms with Gasteiger partial charge in [0.15, 0.2) is 6.29 Å². The summed E-state index contributed by atoms with van der Waals surface area (Å²) in [6, 6.07) is 11.9. The summed E-state index contributed by atoms with van der Waals surface area (Å²) in [5.74, 6) is -1.14. The van der Waals surface area contributed by atoms with Gasteiger partial charge in [0.2, 0.25) is 0 Å². The molecule has 0 saturated carbocycles. The van der Waals surface area contributed by atoms with Crippen molar-refractivity contribution in [1.82, 2.24) is 0 Å². The number of esters is 2. The lowest BCUT2D eigenvalue weighted by molar-refractivity contribution is -0.385. The van der Waals surface area contributed by atoms with E-state index >= 15 is 0 Å². The van der Waals surface area contributed by atoms with E-state index in [2.05, 4.69) is 9.47 Å². The van der Waals surface area contributed by atoms with Crippen molar-refractivity contribution in [3.63, 3.8) is 0 Å². The van der Waals surface area contributed by atoms with E-state index in [1.807, 2.05) is 0 Å². The largest absolute Gasteiger partial charge is 0.469 e. The van der Waals surface area contributed by atoms with E-state index in [4.69, 9.17) is 9.05 Å². The normalized spacial score (nSPS) is 10.3. The van der Waals surface area contributed by atoms with Crippen LogP contribution in [0.25, 0.3) is 6.08 Å². The van der Waals surface area contributed by atoms with E-state index in [0.717, 1.165) is 6.08 Å². The third-order valence-electron chi connectivity index (χ3n) is 4.20. The third-order valence-corrected chi connectivity index (χ3v) is 6.14. The first kappa shape index (κ1) is 34.7. The van der Waals surface area contributed by atoms with Crippen molar-refractivity contribution in [2.75, 3.05) is 33.6 Å². The molecule has 39 heavy (non-hydrogen) atoms. The Labute approximate surface area is 224 Å². The molecule has 0 unspecified atom stereocenters. The number of carbonyl (C=O) groups excluding carboxylic acids is 3. The van der Waals surface area contributed by atoms with E-state index in [0.29, 0.717) is 11.8 Å². The zero-order chi connectivity index (χ0) is 29.8. The van der Waals surface area contributed by atoms with E-state index in [1.165, 1.54) is 44.6 Å².